The van der Waals surface area contributed by atoms with Crippen molar-refractivity contribution < 1.29 is 17.9 Å². The number of nitrogens with one attached hydrogen (secondary N) is 1. The standard InChI is InChI=1S/C19H22BrNO4S/c1-19(2,15-6-8-16(20)9-7-15)21-18(22)14-4-10-17(11-5-14)26(23,24)13-12-25-3/h4-11H,12-13H2,1-3H3,(H,21,22). The molecule has 0 aliphatic heterocycles. The molecule has 140 valence electrons. The highest BCUT2D eigenvalue weighted by molar-refractivity contribution is 9.10. The summed E-state index contributed by atoms with van der Waals surface area (Å²) in [5.41, 5.74) is 0.801. The maximum absolute atomic E-state index is 12.5. The van der Waals surface area contributed by atoms with Crippen LogP contribution in [0.25, 0.3) is 0 Å². The van der Waals surface area contributed by atoms with E-state index in [4.69, 9.17) is 4.74 Å². The van der Waals surface area contributed by atoms with E-state index in [9.17, 15) is 13.2 Å². The quantitative estimate of drug-likeness (QED) is 0.715. The van der Waals surface area contributed by atoms with E-state index < -0.39 is 15.4 Å². The van der Waals surface area contributed by atoms with Gasteiger partial charge in [0.2, 0.25) is 0 Å². The van der Waals surface area contributed by atoms with E-state index in [0.29, 0.717) is 5.56 Å². The molecule has 2 aromatic rings. The van der Waals surface area contributed by atoms with E-state index >= 15 is 0 Å². The summed E-state index contributed by atoms with van der Waals surface area (Å²) in [7, 11) is -1.95. The molecule has 1 amide bonds. The summed E-state index contributed by atoms with van der Waals surface area (Å²) in [6, 6.07) is 13.7. The Bertz CT molecular complexity index is 859. The minimum atomic E-state index is -3.41. The molecule has 0 aromatic heterocycles. The van der Waals surface area contributed by atoms with Gasteiger partial charge in [-0.05, 0) is 55.8 Å². The highest BCUT2D eigenvalue weighted by Crippen LogP contribution is 2.23. The summed E-state index contributed by atoms with van der Waals surface area (Å²) in [5, 5.41) is 2.98. The van der Waals surface area contributed by atoms with E-state index in [1.54, 1.807) is 0 Å². The van der Waals surface area contributed by atoms with E-state index in [-0.39, 0.29) is 23.2 Å². The molecular formula is C19H22BrNO4S. The molecule has 5 nitrogen and oxygen atoms in total. The topological polar surface area (TPSA) is 72.5 Å². The van der Waals surface area contributed by atoms with Crippen molar-refractivity contribution in [3.63, 3.8) is 0 Å². The number of carbonyl (C=O) groups is 1. The summed E-state index contributed by atoms with van der Waals surface area (Å²) in [6.07, 6.45) is 0. The lowest BCUT2D eigenvalue weighted by Gasteiger charge is -2.27. The summed E-state index contributed by atoms with van der Waals surface area (Å²) in [5.74, 6) is -0.357. The zero-order chi connectivity index (χ0) is 19.4. The molecule has 0 saturated carbocycles. The van der Waals surface area contributed by atoms with Gasteiger partial charge in [0.1, 0.15) is 0 Å². The third-order valence-electron chi connectivity index (χ3n) is 4.02. The number of halogens is 1. The fourth-order valence-corrected chi connectivity index (χ4v) is 3.86. The first-order valence-corrected chi connectivity index (χ1v) is 10.5. The molecule has 0 saturated heterocycles. The average molecular weight is 440 g/mol. The molecule has 0 atom stereocenters. The predicted molar refractivity (Wildman–Crippen MR) is 105 cm³/mol. The lowest BCUT2D eigenvalue weighted by molar-refractivity contribution is 0.0912. The second-order valence-electron chi connectivity index (χ2n) is 6.42. The van der Waals surface area contributed by atoms with Crippen LogP contribution in [0.4, 0.5) is 0 Å². The minimum Gasteiger partial charge on any atom is -0.384 e. The predicted octanol–water partition coefficient (Wildman–Crippen LogP) is 3.53. The maximum atomic E-state index is 12.5. The minimum absolute atomic E-state index is 0.0916. The molecule has 0 unspecified atom stereocenters. The number of methoxy groups -OCH3 is 1. The third kappa shape index (κ3) is 5.16. The molecule has 0 fully saturated rings. The molecule has 7 heteroatoms. The van der Waals surface area contributed by atoms with Crippen LogP contribution in [-0.4, -0.2) is 33.8 Å². The van der Waals surface area contributed by atoms with Gasteiger partial charge >= 0.3 is 0 Å². The van der Waals surface area contributed by atoms with Crippen LogP contribution >= 0.6 is 15.9 Å². The first-order chi connectivity index (χ1) is 12.2. The van der Waals surface area contributed by atoms with Gasteiger partial charge in [-0.1, -0.05) is 28.1 Å². The number of amides is 1. The van der Waals surface area contributed by atoms with Crippen molar-refractivity contribution in [3.8, 4) is 0 Å². The molecule has 0 radical (unpaired) electrons. The van der Waals surface area contributed by atoms with Crippen LogP contribution in [0.3, 0.4) is 0 Å². The van der Waals surface area contributed by atoms with E-state index in [2.05, 4.69) is 21.2 Å². The fraction of sp³-hybridized carbons (Fsp3) is 0.316. The Morgan fingerprint density at radius 1 is 1.08 bits per heavy atom. The highest BCUT2D eigenvalue weighted by Gasteiger charge is 2.24. The number of rotatable bonds is 7. The second kappa shape index (κ2) is 8.33. The summed E-state index contributed by atoms with van der Waals surface area (Å²) >= 11 is 3.39. The number of carbonyl (C=O) groups excluding carboxylic acids is 1. The largest absolute Gasteiger partial charge is 0.384 e. The maximum Gasteiger partial charge on any atom is 0.251 e. The smallest absolute Gasteiger partial charge is 0.251 e. The summed E-state index contributed by atoms with van der Waals surface area (Å²) in [6.45, 7) is 3.96. The van der Waals surface area contributed by atoms with Crippen LogP contribution in [0.5, 0.6) is 0 Å². The van der Waals surface area contributed by atoms with Gasteiger partial charge in [0.05, 0.1) is 22.8 Å². The molecule has 0 heterocycles. The van der Waals surface area contributed by atoms with Gasteiger partial charge in [0, 0.05) is 17.1 Å². The molecule has 0 aliphatic rings. The van der Waals surface area contributed by atoms with Crippen LogP contribution in [0.2, 0.25) is 0 Å². The first kappa shape index (κ1) is 20.6. The monoisotopic (exact) mass is 439 g/mol. The lowest BCUT2D eigenvalue weighted by Crippen LogP contribution is -2.40. The summed E-state index contributed by atoms with van der Waals surface area (Å²) < 4.78 is 30.0. The molecule has 26 heavy (non-hydrogen) atoms. The molecule has 0 bridgehead atoms. The Kier molecular flexibility index (Phi) is 6.60. The van der Waals surface area contributed by atoms with E-state index in [1.165, 1.54) is 31.4 Å². The number of ether oxygens (including phenoxy) is 1. The average Bonchev–Trinajstić information content (AvgIpc) is 2.60. The second-order valence-corrected chi connectivity index (χ2v) is 9.45. The molecule has 0 aliphatic carbocycles. The summed E-state index contributed by atoms with van der Waals surface area (Å²) in [4.78, 5) is 12.7. The number of hydrogen-bond acceptors (Lipinski definition) is 4. The van der Waals surface area contributed by atoms with Crippen LogP contribution in [-0.2, 0) is 20.1 Å². The van der Waals surface area contributed by atoms with Crippen LogP contribution < -0.4 is 5.32 Å². The van der Waals surface area contributed by atoms with Gasteiger partial charge < -0.3 is 10.1 Å². The van der Waals surface area contributed by atoms with Crippen molar-refractivity contribution in [2.45, 2.75) is 24.3 Å². The van der Waals surface area contributed by atoms with Gasteiger partial charge in [-0.15, -0.1) is 0 Å². The van der Waals surface area contributed by atoms with Crippen LogP contribution in [0.15, 0.2) is 57.9 Å². The molecule has 2 aromatic carbocycles. The van der Waals surface area contributed by atoms with Gasteiger partial charge in [-0.2, -0.15) is 0 Å². The highest BCUT2D eigenvalue weighted by atomic mass is 79.9. The Labute approximate surface area is 162 Å². The van der Waals surface area contributed by atoms with Gasteiger partial charge in [-0.3, -0.25) is 4.79 Å². The van der Waals surface area contributed by atoms with Gasteiger partial charge in [0.15, 0.2) is 9.84 Å². The Morgan fingerprint density at radius 3 is 2.19 bits per heavy atom. The molecule has 1 N–H and O–H groups in total. The number of benzene rings is 2. The SMILES string of the molecule is COCCS(=O)(=O)c1ccc(C(=O)NC(C)(C)c2ccc(Br)cc2)cc1. The van der Waals surface area contributed by atoms with Crippen LogP contribution in [0, 0.1) is 0 Å². The van der Waals surface area contributed by atoms with Gasteiger partial charge in [0.25, 0.3) is 5.91 Å². The van der Waals surface area contributed by atoms with Crippen molar-refractivity contribution in [1.29, 1.82) is 0 Å². The Balaban J connectivity index is 2.13. The van der Waals surface area contributed by atoms with Gasteiger partial charge in [-0.25, -0.2) is 8.42 Å². The van der Waals surface area contributed by atoms with Crippen LogP contribution in [0.1, 0.15) is 29.8 Å². The fourth-order valence-electron chi connectivity index (χ4n) is 2.42. The Hall–Kier alpha value is -1.70. The molecule has 2 rings (SSSR count). The first-order valence-electron chi connectivity index (χ1n) is 8.06. The zero-order valence-corrected chi connectivity index (χ0v) is 17.4. The van der Waals surface area contributed by atoms with Crippen molar-refractivity contribution in [3.05, 3.63) is 64.1 Å². The van der Waals surface area contributed by atoms with Crippen molar-refractivity contribution in [2.75, 3.05) is 19.5 Å². The molecular weight excluding hydrogens is 418 g/mol. The third-order valence-corrected chi connectivity index (χ3v) is 6.25. The van der Waals surface area contributed by atoms with E-state index in [0.717, 1.165) is 10.0 Å². The Morgan fingerprint density at radius 2 is 1.65 bits per heavy atom. The van der Waals surface area contributed by atoms with E-state index in [1.807, 2.05) is 38.1 Å². The number of hydrogen-bond donors (Lipinski definition) is 1. The van der Waals surface area contributed by atoms with Crippen molar-refractivity contribution >= 4 is 31.7 Å². The van der Waals surface area contributed by atoms with Crippen molar-refractivity contribution in [1.82, 2.24) is 5.32 Å². The lowest BCUT2D eigenvalue weighted by atomic mass is 9.94. The zero-order valence-electron chi connectivity index (χ0n) is 15.0. The normalized spacial score (nSPS) is 12.0. The van der Waals surface area contributed by atoms with Crippen molar-refractivity contribution in [2.24, 2.45) is 0 Å². The molecule has 0 spiro atoms. The number of sulfone groups is 1.